The van der Waals surface area contributed by atoms with Crippen molar-refractivity contribution >= 4 is 40.7 Å². The van der Waals surface area contributed by atoms with Crippen molar-refractivity contribution in [3.05, 3.63) is 69.2 Å². The Morgan fingerprint density at radius 1 is 1.31 bits per heavy atom. The van der Waals surface area contributed by atoms with Gasteiger partial charge in [-0.25, -0.2) is 4.98 Å². The van der Waals surface area contributed by atoms with Gasteiger partial charge in [0.2, 0.25) is 5.82 Å². The standard InChI is InChI=1S/C25H23Cl2N5O4/c1-25(2,35)10-9-14-7-8-20-19(11-14)32(3)24(34)18(13-36-20)28-23(33)22-29-21(30-31-22)12-15-16(26)5-4-6-17(15)27/h4-8,11,18,35H,12-13H2,1-3H3,(H,28,33)(H,29,30,31). The van der Waals surface area contributed by atoms with Crippen LogP contribution in [0.2, 0.25) is 10.0 Å². The van der Waals surface area contributed by atoms with Gasteiger partial charge in [-0.3, -0.25) is 14.7 Å². The molecule has 0 saturated heterocycles. The van der Waals surface area contributed by atoms with E-state index in [1.54, 1.807) is 57.3 Å². The molecular formula is C25H23Cl2N5O4. The zero-order valence-corrected chi connectivity index (χ0v) is 21.2. The van der Waals surface area contributed by atoms with Gasteiger partial charge in [0, 0.05) is 29.1 Å². The van der Waals surface area contributed by atoms with Gasteiger partial charge in [0.1, 0.15) is 29.8 Å². The molecule has 36 heavy (non-hydrogen) atoms. The Balaban J connectivity index is 1.47. The topological polar surface area (TPSA) is 120 Å². The summed E-state index contributed by atoms with van der Waals surface area (Å²) in [5.74, 6) is 5.33. The number of H-pyrrole nitrogens is 1. The third-order valence-corrected chi connectivity index (χ3v) is 6.02. The number of likely N-dealkylation sites (N-methyl/N-ethyl adjacent to an activating group) is 1. The lowest BCUT2D eigenvalue weighted by molar-refractivity contribution is -0.120. The van der Waals surface area contributed by atoms with E-state index in [-0.39, 0.29) is 24.8 Å². The third-order valence-electron chi connectivity index (χ3n) is 5.31. The number of hydrogen-bond acceptors (Lipinski definition) is 6. The molecule has 1 aromatic heterocycles. The highest BCUT2D eigenvalue weighted by Crippen LogP contribution is 2.31. The number of nitrogens with zero attached hydrogens (tertiary/aromatic N) is 3. The first-order chi connectivity index (χ1) is 17.0. The van der Waals surface area contributed by atoms with E-state index >= 15 is 0 Å². The van der Waals surface area contributed by atoms with Gasteiger partial charge in [0.15, 0.2) is 0 Å². The van der Waals surface area contributed by atoms with Crippen molar-refractivity contribution in [3.8, 4) is 17.6 Å². The molecule has 2 heterocycles. The number of aromatic nitrogens is 3. The van der Waals surface area contributed by atoms with Crippen molar-refractivity contribution in [2.45, 2.75) is 31.9 Å². The number of anilines is 1. The minimum Gasteiger partial charge on any atom is -0.489 e. The second-order valence-corrected chi connectivity index (χ2v) is 9.52. The monoisotopic (exact) mass is 527 g/mol. The van der Waals surface area contributed by atoms with Gasteiger partial charge in [-0.15, -0.1) is 5.10 Å². The molecule has 1 unspecified atom stereocenters. The van der Waals surface area contributed by atoms with Crippen molar-refractivity contribution < 1.29 is 19.4 Å². The summed E-state index contributed by atoms with van der Waals surface area (Å²) < 4.78 is 5.80. The Morgan fingerprint density at radius 3 is 2.72 bits per heavy atom. The number of hydrogen-bond donors (Lipinski definition) is 3. The maximum Gasteiger partial charge on any atom is 0.291 e. The second-order valence-electron chi connectivity index (χ2n) is 8.71. The largest absolute Gasteiger partial charge is 0.489 e. The molecule has 3 aromatic rings. The first-order valence-corrected chi connectivity index (χ1v) is 11.7. The van der Waals surface area contributed by atoms with Gasteiger partial charge >= 0.3 is 0 Å². The zero-order chi connectivity index (χ0) is 26.0. The lowest BCUT2D eigenvalue weighted by Gasteiger charge is -2.20. The normalized spacial score (nSPS) is 15.3. The van der Waals surface area contributed by atoms with E-state index in [9.17, 15) is 14.7 Å². The summed E-state index contributed by atoms with van der Waals surface area (Å²) in [5, 5.41) is 20.1. The van der Waals surface area contributed by atoms with Crippen molar-refractivity contribution in [1.82, 2.24) is 20.5 Å². The van der Waals surface area contributed by atoms with Gasteiger partial charge in [-0.2, -0.15) is 0 Å². The smallest absolute Gasteiger partial charge is 0.291 e. The summed E-state index contributed by atoms with van der Waals surface area (Å²) in [6.07, 6.45) is 0.251. The molecule has 4 rings (SSSR count). The molecule has 0 spiro atoms. The number of carbonyl (C=O) groups excluding carboxylic acids is 2. The fraction of sp³-hybridized carbons (Fsp3) is 0.280. The molecule has 2 aromatic carbocycles. The van der Waals surface area contributed by atoms with Crippen LogP contribution in [0.5, 0.6) is 5.75 Å². The summed E-state index contributed by atoms with van der Waals surface area (Å²) in [6, 6.07) is 9.30. The van der Waals surface area contributed by atoms with E-state index in [0.29, 0.717) is 38.4 Å². The average Bonchev–Trinajstić information content (AvgIpc) is 3.26. The maximum absolute atomic E-state index is 13.1. The minimum atomic E-state index is -1.15. The highest BCUT2D eigenvalue weighted by molar-refractivity contribution is 6.36. The van der Waals surface area contributed by atoms with E-state index in [1.165, 1.54) is 4.90 Å². The van der Waals surface area contributed by atoms with Crippen LogP contribution in [-0.4, -0.2) is 57.4 Å². The van der Waals surface area contributed by atoms with E-state index in [1.807, 2.05) is 0 Å². The molecule has 3 N–H and O–H groups in total. The Morgan fingerprint density at radius 2 is 2.03 bits per heavy atom. The van der Waals surface area contributed by atoms with Gasteiger partial charge in [0.25, 0.3) is 11.8 Å². The van der Waals surface area contributed by atoms with Crippen LogP contribution < -0.4 is 15.0 Å². The molecule has 1 atom stereocenters. The molecule has 186 valence electrons. The Kier molecular flexibility index (Phi) is 7.22. The number of halogens is 2. The van der Waals surface area contributed by atoms with E-state index in [0.717, 1.165) is 0 Å². The number of amides is 2. The molecule has 1 aliphatic rings. The van der Waals surface area contributed by atoms with Crippen LogP contribution >= 0.6 is 23.2 Å². The highest BCUT2D eigenvalue weighted by atomic mass is 35.5. The number of aliphatic hydroxyl groups is 1. The molecule has 0 bridgehead atoms. The van der Waals surface area contributed by atoms with Crippen LogP contribution in [0.4, 0.5) is 5.69 Å². The number of rotatable bonds is 4. The highest BCUT2D eigenvalue weighted by Gasteiger charge is 2.31. The molecular weight excluding hydrogens is 505 g/mol. The summed E-state index contributed by atoms with van der Waals surface area (Å²) in [7, 11) is 1.58. The van der Waals surface area contributed by atoms with Gasteiger partial charge in [0.05, 0.1) is 5.69 Å². The molecule has 0 fully saturated rings. The maximum atomic E-state index is 13.1. The van der Waals surface area contributed by atoms with Crippen LogP contribution in [0.3, 0.4) is 0 Å². The Labute approximate surface area is 217 Å². The number of aromatic amines is 1. The zero-order valence-electron chi connectivity index (χ0n) is 19.7. The van der Waals surface area contributed by atoms with Crippen LogP contribution in [0.1, 0.15) is 41.4 Å². The molecule has 9 nitrogen and oxygen atoms in total. The van der Waals surface area contributed by atoms with Gasteiger partial charge in [-0.1, -0.05) is 41.1 Å². The number of nitrogens with one attached hydrogen (secondary N) is 2. The van der Waals surface area contributed by atoms with Crippen molar-refractivity contribution in [3.63, 3.8) is 0 Å². The quantitative estimate of drug-likeness (QED) is 0.448. The average molecular weight is 528 g/mol. The molecule has 0 radical (unpaired) electrons. The Hall–Kier alpha value is -3.58. The summed E-state index contributed by atoms with van der Waals surface area (Å²) in [6.45, 7) is 3.08. The molecule has 11 heteroatoms. The molecule has 0 saturated carbocycles. The minimum absolute atomic E-state index is 0.0802. The van der Waals surface area contributed by atoms with Crippen LogP contribution in [-0.2, 0) is 11.2 Å². The third kappa shape index (κ3) is 5.79. The SMILES string of the molecule is CN1C(=O)C(NC(=O)c2n[nH]c(Cc3c(Cl)cccc3Cl)n2)COc2ccc(C#CC(C)(C)O)cc21. The number of fused-ring (bicyclic) bond motifs is 1. The Bertz CT molecular complexity index is 1370. The molecule has 2 amide bonds. The van der Waals surface area contributed by atoms with Crippen LogP contribution in [0, 0.1) is 11.8 Å². The summed E-state index contributed by atoms with van der Waals surface area (Å²) in [4.78, 5) is 31.5. The van der Waals surface area contributed by atoms with Crippen LogP contribution in [0.25, 0.3) is 0 Å². The first-order valence-electron chi connectivity index (χ1n) is 11.0. The summed E-state index contributed by atoms with van der Waals surface area (Å²) in [5.41, 5.74) is 0.604. The fourth-order valence-corrected chi connectivity index (χ4v) is 4.00. The molecule has 1 aliphatic heterocycles. The second kappa shape index (κ2) is 10.2. The predicted molar refractivity (Wildman–Crippen MR) is 135 cm³/mol. The predicted octanol–water partition coefficient (Wildman–Crippen LogP) is 2.98. The van der Waals surface area contributed by atoms with Crippen molar-refractivity contribution in [2.75, 3.05) is 18.6 Å². The number of ether oxygens (including phenoxy) is 1. The fourth-order valence-electron chi connectivity index (χ4n) is 3.47. The molecule has 0 aliphatic carbocycles. The van der Waals surface area contributed by atoms with Crippen molar-refractivity contribution in [2.24, 2.45) is 0 Å². The van der Waals surface area contributed by atoms with E-state index in [2.05, 4.69) is 32.3 Å². The van der Waals surface area contributed by atoms with Gasteiger partial charge in [-0.05, 0) is 49.7 Å². The lowest BCUT2D eigenvalue weighted by Crippen LogP contribution is -2.49. The number of benzene rings is 2. The van der Waals surface area contributed by atoms with E-state index in [4.69, 9.17) is 27.9 Å². The van der Waals surface area contributed by atoms with E-state index < -0.39 is 17.6 Å². The summed E-state index contributed by atoms with van der Waals surface area (Å²) >= 11 is 12.4. The van der Waals surface area contributed by atoms with Crippen LogP contribution in [0.15, 0.2) is 36.4 Å². The van der Waals surface area contributed by atoms with Crippen molar-refractivity contribution in [1.29, 1.82) is 0 Å². The number of carbonyl (C=O) groups is 2. The van der Waals surface area contributed by atoms with Gasteiger partial charge < -0.3 is 20.1 Å². The lowest BCUT2D eigenvalue weighted by atomic mass is 10.1. The first kappa shape index (κ1) is 25.5.